The van der Waals surface area contributed by atoms with Crippen molar-refractivity contribution in [2.75, 3.05) is 0 Å². The lowest BCUT2D eigenvalue weighted by Gasteiger charge is -2.11. The van der Waals surface area contributed by atoms with E-state index in [0.717, 1.165) is 6.42 Å². The van der Waals surface area contributed by atoms with Crippen LogP contribution in [0.2, 0.25) is 0 Å². The van der Waals surface area contributed by atoms with Gasteiger partial charge in [0.25, 0.3) is 5.91 Å². The van der Waals surface area contributed by atoms with Crippen LogP contribution in [-0.4, -0.2) is 23.6 Å². The van der Waals surface area contributed by atoms with Crippen molar-refractivity contribution in [2.45, 2.75) is 31.2 Å². The Kier molecular flexibility index (Phi) is 3.03. The number of carbonyl (C=O) groups is 2. The molecule has 2 unspecified atom stereocenters. The first kappa shape index (κ1) is 11.9. The summed E-state index contributed by atoms with van der Waals surface area (Å²) in [5, 5.41) is 6.76. The topological polar surface area (TPSA) is 70.6 Å². The second-order valence-corrected chi connectivity index (χ2v) is 4.93. The lowest BCUT2D eigenvalue weighted by molar-refractivity contribution is -0.121. The molecular formula is C14H15N3O2. The van der Waals surface area contributed by atoms with E-state index in [0.29, 0.717) is 24.5 Å². The zero-order valence-electron chi connectivity index (χ0n) is 10.4. The minimum absolute atomic E-state index is 0.134. The summed E-state index contributed by atoms with van der Waals surface area (Å²) in [5.74, 6) is 0.109. The highest BCUT2D eigenvalue weighted by Gasteiger charge is 2.40. The van der Waals surface area contributed by atoms with E-state index in [1.807, 2.05) is 18.2 Å². The van der Waals surface area contributed by atoms with Crippen molar-refractivity contribution in [2.24, 2.45) is 5.10 Å². The molecular weight excluding hydrogens is 242 g/mol. The quantitative estimate of drug-likeness (QED) is 0.845. The lowest BCUT2D eigenvalue weighted by Crippen LogP contribution is -2.38. The van der Waals surface area contributed by atoms with Gasteiger partial charge in [-0.15, -0.1) is 0 Å². The Hall–Kier alpha value is -2.17. The zero-order valence-corrected chi connectivity index (χ0v) is 10.4. The van der Waals surface area contributed by atoms with Gasteiger partial charge in [-0.05, 0) is 12.0 Å². The van der Waals surface area contributed by atoms with Crippen molar-refractivity contribution in [1.29, 1.82) is 0 Å². The Labute approximate surface area is 111 Å². The number of benzene rings is 1. The van der Waals surface area contributed by atoms with Crippen molar-refractivity contribution in [3.8, 4) is 0 Å². The Morgan fingerprint density at radius 1 is 1.26 bits per heavy atom. The van der Waals surface area contributed by atoms with E-state index in [4.69, 9.17) is 0 Å². The fourth-order valence-electron chi connectivity index (χ4n) is 2.31. The van der Waals surface area contributed by atoms with Gasteiger partial charge in [0.05, 0.1) is 0 Å². The molecule has 2 amide bonds. The number of nitrogens with one attached hydrogen (secondary N) is 2. The highest BCUT2D eigenvalue weighted by molar-refractivity contribution is 6.39. The SMILES string of the molecule is O=C1CCC(C(=O)NC2CC2c2ccccc2)=NN1. The van der Waals surface area contributed by atoms with Crippen molar-refractivity contribution < 1.29 is 9.59 Å². The van der Waals surface area contributed by atoms with E-state index in [1.165, 1.54) is 5.56 Å². The molecule has 1 aromatic rings. The first-order valence-corrected chi connectivity index (χ1v) is 6.45. The van der Waals surface area contributed by atoms with Gasteiger partial charge in [-0.2, -0.15) is 5.10 Å². The van der Waals surface area contributed by atoms with Crippen LogP contribution in [0.3, 0.4) is 0 Å². The molecule has 2 aliphatic rings. The summed E-state index contributed by atoms with van der Waals surface area (Å²) in [6.45, 7) is 0. The van der Waals surface area contributed by atoms with Crippen molar-refractivity contribution in [3.63, 3.8) is 0 Å². The molecule has 19 heavy (non-hydrogen) atoms. The molecule has 1 aliphatic heterocycles. The van der Waals surface area contributed by atoms with Crippen LogP contribution >= 0.6 is 0 Å². The van der Waals surface area contributed by atoms with Gasteiger partial charge in [0.1, 0.15) is 5.71 Å². The predicted molar refractivity (Wildman–Crippen MR) is 70.5 cm³/mol. The number of hydrogen-bond acceptors (Lipinski definition) is 3. The van der Waals surface area contributed by atoms with Crippen molar-refractivity contribution >= 4 is 17.5 Å². The van der Waals surface area contributed by atoms with E-state index in [-0.39, 0.29) is 17.9 Å². The zero-order chi connectivity index (χ0) is 13.2. The minimum atomic E-state index is -0.163. The second-order valence-electron chi connectivity index (χ2n) is 4.93. The van der Waals surface area contributed by atoms with Gasteiger partial charge in [0, 0.05) is 24.8 Å². The third-order valence-electron chi connectivity index (χ3n) is 3.50. The molecule has 1 heterocycles. The predicted octanol–water partition coefficient (Wildman–Crippen LogP) is 0.925. The van der Waals surface area contributed by atoms with Gasteiger partial charge in [-0.3, -0.25) is 9.59 Å². The van der Waals surface area contributed by atoms with Gasteiger partial charge >= 0.3 is 0 Å². The highest BCUT2D eigenvalue weighted by Crippen LogP contribution is 2.40. The van der Waals surface area contributed by atoms with Crippen LogP contribution in [0.25, 0.3) is 0 Å². The number of hydrogen-bond donors (Lipinski definition) is 2. The molecule has 5 nitrogen and oxygen atoms in total. The minimum Gasteiger partial charge on any atom is -0.348 e. The summed E-state index contributed by atoms with van der Waals surface area (Å²) in [7, 11) is 0. The van der Waals surface area contributed by atoms with Crippen LogP contribution in [0.15, 0.2) is 35.4 Å². The Balaban J connectivity index is 1.56. The van der Waals surface area contributed by atoms with Gasteiger partial charge in [0.15, 0.2) is 0 Å². The van der Waals surface area contributed by atoms with E-state index >= 15 is 0 Å². The molecule has 1 saturated carbocycles. The summed E-state index contributed by atoms with van der Waals surface area (Å²) in [6.07, 6.45) is 1.72. The maximum absolute atomic E-state index is 11.9. The fourth-order valence-corrected chi connectivity index (χ4v) is 2.31. The first-order valence-electron chi connectivity index (χ1n) is 6.45. The maximum Gasteiger partial charge on any atom is 0.267 e. The number of carbonyl (C=O) groups excluding carboxylic acids is 2. The van der Waals surface area contributed by atoms with E-state index < -0.39 is 0 Å². The molecule has 0 spiro atoms. The molecule has 98 valence electrons. The third-order valence-corrected chi connectivity index (χ3v) is 3.50. The molecule has 0 bridgehead atoms. The lowest BCUT2D eigenvalue weighted by atomic mass is 10.1. The summed E-state index contributed by atoms with van der Waals surface area (Å²) in [4.78, 5) is 22.9. The number of nitrogens with zero attached hydrogens (tertiary/aromatic N) is 1. The normalized spacial score (nSPS) is 25.3. The molecule has 1 aliphatic carbocycles. The molecule has 0 radical (unpaired) electrons. The maximum atomic E-state index is 11.9. The molecule has 0 aromatic heterocycles. The molecule has 1 fully saturated rings. The average Bonchev–Trinajstić information content (AvgIpc) is 3.20. The average molecular weight is 257 g/mol. The monoisotopic (exact) mass is 257 g/mol. The summed E-state index contributed by atoms with van der Waals surface area (Å²) < 4.78 is 0. The van der Waals surface area contributed by atoms with E-state index in [2.05, 4.69) is 28.0 Å². The van der Waals surface area contributed by atoms with Gasteiger partial charge in [0.2, 0.25) is 5.91 Å². The van der Waals surface area contributed by atoms with Crippen molar-refractivity contribution in [3.05, 3.63) is 35.9 Å². The Morgan fingerprint density at radius 3 is 2.74 bits per heavy atom. The summed E-state index contributed by atoms with van der Waals surface area (Å²) >= 11 is 0. The van der Waals surface area contributed by atoms with Crippen LogP contribution in [0.1, 0.15) is 30.7 Å². The number of rotatable bonds is 3. The largest absolute Gasteiger partial charge is 0.348 e. The number of amides is 2. The molecule has 0 saturated heterocycles. The molecule has 2 atom stereocenters. The van der Waals surface area contributed by atoms with E-state index in [1.54, 1.807) is 0 Å². The van der Waals surface area contributed by atoms with Crippen LogP contribution in [0.4, 0.5) is 0 Å². The summed E-state index contributed by atoms with van der Waals surface area (Å²) in [6, 6.07) is 10.3. The molecule has 5 heteroatoms. The molecule has 1 aromatic carbocycles. The van der Waals surface area contributed by atoms with Crippen LogP contribution in [-0.2, 0) is 9.59 Å². The third kappa shape index (κ3) is 2.65. The van der Waals surface area contributed by atoms with Crippen LogP contribution < -0.4 is 10.7 Å². The number of hydrazone groups is 1. The van der Waals surface area contributed by atoms with Gasteiger partial charge < -0.3 is 5.32 Å². The smallest absolute Gasteiger partial charge is 0.267 e. The first-order chi connectivity index (χ1) is 9.24. The Bertz CT molecular complexity index is 539. The highest BCUT2D eigenvalue weighted by atomic mass is 16.2. The second kappa shape index (κ2) is 4.84. The van der Waals surface area contributed by atoms with Crippen molar-refractivity contribution in [1.82, 2.24) is 10.7 Å². The molecule has 2 N–H and O–H groups in total. The Morgan fingerprint density at radius 2 is 2.05 bits per heavy atom. The summed E-state index contributed by atoms with van der Waals surface area (Å²) in [5.41, 5.74) is 4.01. The standard InChI is InChI=1S/C14H15N3O2/c18-13-7-6-11(16-17-13)14(19)15-12-8-10(12)9-4-2-1-3-5-9/h1-5,10,12H,6-8H2,(H,15,19)(H,17,18). The van der Waals surface area contributed by atoms with E-state index in [9.17, 15) is 9.59 Å². The molecule has 3 rings (SSSR count). The van der Waals surface area contributed by atoms with Gasteiger partial charge in [-0.1, -0.05) is 30.3 Å². The van der Waals surface area contributed by atoms with Crippen LogP contribution in [0.5, 0.6) is 0 Å². The van der Waals surface area contributed by atoms with Gasteiger partial charge in [-0.25, -0.2) is 5.43 Å². The van der Waals surface area contributed by atoms with Crippen LogP contribution in [0, 0.1) is 0 Å². The fraction of sp³-hybridized carbons (Fsp3) is 0.357.